The second-order valence-electron chi connectivity index (χ2n) is 4.42. The first-order valence-electron chi connectivity index (χ1n) is 5.32. The van der Waals surface area contributed by atoms with Crippen molar-refractivity contribution in [2.24, 2.45) is 11.8 Å². The van der Waals surface area contributed by atoms with Crippen LogP contribution in [0.25, 0.3) is 0 Å². The molecule has 1 saturated carbocycles. The monoisotopic (exact) mass is 213 g/mol. The van der Waals surface area contributed by atoms with Gasteiger partial charge in [-0.2, -0.15) is 0 Å². The van der Waals surface area contributed by atoms with E-state index in [1.54, 1.807) is 0 Å². The summed E-state index contributed by atoms with van der Waals surface area (Å²) in [5, 5.41) is 0.156. The Kier molecular flexibility index (Phi) is 2.82. The molecule has 2 rings (SSSR count). The van der Waals surface area contributed by atoms with Crippen LogP contribution in [0.4, 0.5) is 0 Å². The van der Waals surface area contributed by atoms with Gasteiger partial charge < -0.3 is 4.90 Å². The van der Waals surface area contributed by atoms with E-state index in [-0.39, 0.29) is 10.9 Å². The fourth-order valence-electron chi connectivity index (χ4n) is 2.74. The lowest BCUT2D eigenvalue weighted by Crippen LogP contribution is -2.28. The number of hydrogen-bond donors (Lipinski definition) is 0. The van der Waals surface area contributed by atoms with Crippen molar-refractivity contribution in [3.8, 4) is 0 Å². The average molecular weight is 214 g/mol. The van der Waals surface area contributed by atoms with Crippen LogP contribution in [0.2, 0.25) is 0 Å². The molecule has 2 atom stereocenters. The maximum absolute atomic E-state index is 11.6. The normalized spacial score (nSPS) is 31.4. The van der Waals surface area contributed by atoms with Crippen molar-refractivity contribution in [3.63, 3.8) is 0 Å². The van der Waals surface area contributed by atoms with Crippen molar-refractivity contribution in [2.45, 2.75) is 25.7 Å². The lowest BCUT2D eigenvalue weighted by molar-refractivity contribution is -0.125. The third-order valence-electron chi connectivity index (χ3n) is 3.50. The van der Waals surface area contributed by atoms with Crippen molar-refractivity contribution in [1.29, 1.82) is 0 Å². The lowest BCUT2D eigenvalue weighted by atomic mass is 9.82. The zero-order valence-electron chi connectivity index (χ0n) is 8.34. The van der Waals surface area contributed by atoms with Crippen LogP contribution in [0.3, 0.4) is 0 Å². The Bertz CT molecular complexity index is 250. The van der Waals surface area contributed by atoms with Gasteiger partial charge >= 0.3 is 0 Å². The highest BCUT2D eigenvalue weighted by molar-refractivity contribution is 6.41. The van der Waals surface area contributed by atoms with Crippen LogP contribution in [-0.4, -0.2) is 23.9 Å². The van der Waals surface area contributed by atoms with E-state index in [4.69, 9.17) is 11.6 Å². The van der Waals surface area contributed by atoms with E-state index in [1.807, 2.05) is 4.90 Å². The minimum Gasteiger partial charge on any atom is -0.337 e. The molecular weight excluding hydrogens is 198 g/mol. The molecule has 0 aromatic heterocycles. The molecule has 1 amide bonds. The number of amides is 1. The maximum atomic E-state index is 11.6. The van der Waals surface area contributed by atoms with Gasteiger partial charge in [0.2, 0.25) is 0 Å². The van der Waals surface area contributed by atoms with E-state index in [2.05, 4.69) is 6.58 Å². The first-order valence-corrected chi connectivity index (χ1v) is 5.70. The second kappa shape index (κ2) is 3.93. The molecular formula is C11H16ClNO. The van der Waals surface area contributed by atoms with E-state index < -0.39 is 0 Å². The minimum absolute atomic E-state index is 0.0685. The third-order valence-corrected chi connectivity index (χ3v) is 3.66. The van der Waals surface area contributed by atoms with Crippen molar-refractivity contribution in [1.82, 2.24) is 4.90 Å². The fourth-order valence-corrected chi connectivity index (χ4v) is 2.86. The molecule has 0 N–H and O–H groups in total. The lowest BCUT2D eigenvalue weighted by Gasteiger charge is -2.22. The Morgan fingerprint density at radius 1 is 1.21 bits per heavy atom. The van der Waals surface area contributed by atoms with Crippen LogP contribution >= 0.6 is 11.6 Å². The summed E-state index contributed by atoms with van der Waals surface area (Å²) in [7, 11) is 0. The topological polar surface area (TPSA) is 20.3 Å². The molecule has 1 heterocycles. The highest BCUT2D eigenvalue weighted by atomic mass is 35.5. The van der Waals surface area contributed by atoms with Crippen LogP contribution in [0.15, 0.2) is 11.6 Å². The molecule has 2 fully saturated rings. The van der Waals surface area contributed by atoms with Crippen molar-refractivity contribution in [2.75, 3.05) is 13.1 Å². The van der Waals surface area contributed by atoms with E-state index >= 15 is 0 Å². The van der Waals surface area contributed by atoms with Gasteiger partial charge in [0.1, 0.15) is 0 Å². The molecule has 14 heavy (non-hydrogen) atoms. The number of fused-ring (bicyclic) bond motifs is 1. The SMILES string of the molecule is C=C(Cl)C(=O)N1CC2CCCCC2C1. The van der Waals surface area contributed by atoms with Gasteiger partial charge in [0.25, 0.3) is 5.91 Å². The molecule has 78 valence electrons. The summed E-state index contributed by atoms with van der Waals surface area (Å²) in [6.07, 6.45) is 5.21. The first-order chi connectivity index (χ1) is 6.68. The summed E-state index contributed by atoms with van der Waals surface area (Å²) in [6, 6.07) is 0. The highest BCUT2D eigenvalue weighted by Crippen LogP contribution is 2.36. The Morgan fingerprint density at radius 2 is 1.71 bits per heavy atom. The number of hydrogen-bond acceptors (Lipinski definition) is 1. The van der Waals surface area contributed by atoms with Gasteiger partial charge in [-0.05, 0) is 24.7 Å². The van der Waals surface area contributed by atoms with Crippen molar-refractivity contribution < 1.29 is 4.79 Å². The van der Waals surface area contributed by atoms with Gasteiger partial charge in [-0.25, -0.2) is 0 Å². The van der Waals surface area contributed by atoms with Gasteiger partial charge in [-0.15, -0.1) is 0 Å². The van der Waals surface area contributed by atoms with Gasteiger partial charge in [-0.3, -0.25) is 4.79 Å². The number of likely N-dealkylation sites (tertiary alicyclic amines) is 1. The fraction of sp³-hybridized carbons (Fsp3) is 0.727. The molecule has 0 spiro atoms. The van der Waals surface area contributed by atoms with Gasteiger partial charge in [0.05, 0.1) is 5.03 Å². The zero-order valence-corrected chi connectivity index (χ0v) is 9.09. The summed E-state index contributed by atoms with van der Waals surface area (Å²) in [6.45, 7) is 5.29. The molecule has 3 heteroatoms. The summed E-state index contributed by atoms with van der Waals surface area (Å²) in [5.41, 5.74) is 0. The van der Waals surface area contributed by atoms with Gasteiger partial charge in [-0.1, -0.05) is 31.0 Å². The quantitative estimate of drug-likeness (QED) is 0.613. The molecule has 0 radical (unpaired) electrons. The third kappa shape index (κ3) is 1.81. The van der Waals surface area contributed by atoms with E-state index in [0.29, 0.717) is 0 Å². The number of rotatable bonds is 1. The average Bonchev–Trinajstić information content (AvgIpc) is 2.59. The van der Waals surface area contributed by atoms with Crippen molar-refractivity contribution >= 4 is 17.5 Å². The van der Waals surface area contributed by atoms with Crippen LogP contribution in [-0.2, 0) is 4.79 Å². The molecule has 1 aliphatic heterocycles. The van der Waals surface area contributed by atoms with Gasteiger partial charge in [0, 0.05) is 13.1 Å². The Hall–Kier alpha value is -0.500. The summed E-state index contributed by atoms with van der Waals surface area (Å²) < 4.78 is 0. The second-order valence-corrected chi connectivity index (χ2v) is 4.88. The molecule has 0 aromatic carbocycles. The summed E-state index contributed by atoms with van der Waals surface area (Å²) >= 11 is 5.62. The standard InChI is InChI=1S/C11H16ClNO/c1-8(12)11(14)13-6-9-4-2-3-5-10(9)7-13/h9-10H,1-7H2. The molecule has 2 unspecified atom stereocenters. The predicted molar refractivity (Wildman–Crippen MR) is 57.0 cm³/mol. The van der Waals surface area contributed by atoms with Crippen molar-refractivity contribution in [3.05, 3.63) is 11.6 Å². The maximum Gasteiger partial charge on any atom is 0.264 e. The highest BCUT2D eigenvalue weighted by Gasteiger charge is 2.36. The molecule has 0 bridgehead atoms. The number of halogens is 1. The molecule has 0 aromatic rings. The zero-order chi connectivity index (χ0) is 10.1. The Balaban J connectivity index is 1.99. The summed E-state index contributed by atoms with van der Waals surface area (Å²) in [4.78, 5) is 13.5. The molecule has 1 aliphatic carbocycles. The largest absolute Gasteiger partial charge is 0.337 e. The van der Waals surface area contributed by atoms with Gasteiger partial charge in [0.15, 0.2) is 0 Å². The first kappa shape index (κ1) is 10.0. The number of nitrogens with zero attached hydrogens (tertiary/aromatic N) is 1. The Morgan fingerprint density at radius 3 is 2.14 bits per heavy atom. The van der Waals surface area contributed by atoms with Crippen LogP contribution in [0.1, 0.15) is 25.7 Å². The predicted octanol–water partition coefficient (Wildman–Crippen LogP) is 2.39. The summed E-state index contributed by atoms with van der Waals surface area (Å²) in [5.74, 6) is 1.38. The molecule has 2 nitrogen and oxygen atoms in total. The molecule has 2 aliphatic rings. The van der Waals surface area contributed by atoms with E-state index in [0.717, 1.165) is 24.9 Å². The number of carbonyl (C=O) groups excluding carboxylic acids is 1. The van der Waals surface area contributed by atoms with Crippen LogP contribution in [0, 0.1) is 11.8 Å². The minimum atomic E-state index is -0.0685. The Labute approximate surface area is 89.9 Å². The number of carbonyl (C=O) groups is 1. The van der Waals surface area contributed by atoms with E-state index in [9.17, 15) is 4.79 Å². The van der Waals surface area contributed by atoms with E-state index in [1.165, 1.54) is 25.7 Å². The molecule has 1 saturated heterocycles. The van der Waals surface area contributed by atoms with Crippen LogP contribution in [0.5, 0.6) is 0 Å². The van der Waals surface area contributed by atoms with Crippen LogP contribution < -0.4 is 0 Å². The smallest absolute Gasteiger partial charge is 0.264 e.